The van der Waals surface area contributed by atoms with Gasteiger partial charge in [-0.25, -0.2) is 4.79 Å². The predicted octanol–water partition coefficient (Wildman–Crippen LogP) is 3.97. The lowest BCUT2D eigenvalue weighted by atomic mass is 9.62. The van der Waals surface area contributed by atoms with Gasteiger partial charge >= 0.3 is 18.1 Å². The van der Waals surface area contributed by atoms with Crippen molar-refractivity contribution in [1.82, 2.24) is 4.90 Å². The number of hydrogen-bond acceptors (Lipinski definition) is 5. The van der Waals surface area contributed by atoms with Crippen LogP contribution in [-0.2, 0) is 16.1 Å². The highest BCUT2D eigenvalue weighted by atomic mass is 32.1. The van der Waals surface area contributed by atoms with Gasteiger partial charge in [0.15, 0.2) is 0 Å². The number of alkyl halides is 3. The van der Waals surface area contributed by atoms with Gasteiger partial charge in [-0.15, -0.1) is 11.3 Å². The number of halogens is 3. The van der Waals surface area contributed by atoms with Crippen molar-refractivity contribution >= 4 is 33.4 Å². The lowest BCUT2D eigenvalue weighted by Crippen LogP contribution is -2.54. The molecular formula is C21H24F3NO5S. The standard InChI is InChI=1S/C19H23NO3S.C2HF3O2/c21-18(22)15-10-19(23,11-15)16-4-7-20(8-5-16)12-14-3-1-2-13-6-9-24-17(13)14;3-2(4,5)1(6)7/h1-3,6,9,15-16,23H,4-5,7-8,10-12H2,(H,21,22);(H,6,7). The second kappa shape index (κ2) is 9.13. The van der Waals surface area contributed by atoms with Gasteiger partial charge in [-0.3, -0.25) is 9.69 Å². The maximum absolute atomic E-state index is 11.0. The van der Waals surface area contributed by atoms with Crippen LogP contribution in [0.1, 0.15) is 31.2 Å². The van der Waals surface area contributed by atoms with Crippen LogP contribution in [0.3, 0.4) is 0 Å². The molecule has 3 N–H and O–H groups in total. The quantitative estimate of drug-likeness (QED) is 0.640. The zero-order valence-corrected chi connectivity index (χ0v) is 17.5. The molecule has 1 saturated carbocycles. The van der Waals surface area contributed by atoms with E-state index in [9.17, 15) is 23.1 Å². The molecule has 1 saturated heterocycles. The lowest BCUT2D eigenvalue weighted by Gasteiger charge is -2.49. The Hall–Kier alpha value is -2.17. The van der Waals surface area contributed by atoms with Gasteiger partial charge in [-0.1, -0.05) is 18.2 Å². The summed E-state index contributed by atoms with van der Waals surface area (Å²) in [6.45, 7) is 2.92. The third-order valence-corrected chi connectivity index (χ3v) is 7.10. The number of aliphatic hydroxyl groups is 1. The third kappa shape index (κ3) is 5.55. The van der Waals surface area contributed by atoms with Crippen LogP contribution in [0.5, 0.6) is 0 Å². The number of nitrogens with zero attached hydrogens (tertiary/aromatic N) is 1. The third-order valence-electron chi connectivity index (χ3n) is 6.09. The SMILES string of the molecule is O=C(O)C(F)(F)F.O=C(O)C1CC(O)(C2CCN(Cc3cccc4ccsc34)CC2)C1. The van der Waals surface area contributed by atoms with Crippen molar-refractivity contribution in [3.8, 4) is 0 Å². The first kappa shape index (κ1) is 23.5. The summed E-state index contributed by atoms with van der Waals surface area (Å²) in [4.78, 5) is 22.3. The first-order valence-corrected chi connectivity index (χ1v) is 10.8. The van der Waals surface area contributed by atoms with Gasteiger partial charge < -0.3 is 15.3 Å². The topological polar surface area (TPSA) is 98.1 Å². The molecule has 2 fully saturated rings. The molecule has 0 radical (unpaired) electrons. The molecule has 2 aliphatic rings. The second-order valence-corrected chi connectivity index (χ2v) is 9.07. The summed E-state index contributed by atoms with van der Waals surface area (Å²) >= 11 is 1.80. The summed E-state index contributed by atoms with van der Waals surface area (Å²) in [5, 5.41) is 30.3. The number of piperidine rings is 1. The number of carboxylic acid groups (broad SMARTS) is 2. The molecular weight excluding hydrogens is 435 g/mol. The summed E-state index contributed by atoms with van der Waals surface area (Å²) in [5.74, 6) is -3.61. The predicted molar refractivity (Wildman–Crippen MR) is 109 cm³/mol. The molecule has 6 nitrogen and oxygen atoms in total. The van der Waals surface area contributed by atoms with Gasteiger partial charge in [-0.2, -0.15) is 13.2 Å². The number of fused-ring (bicyclic) bond motifs is 1. The van der Waals surface area contributed by atoms with Gasteiger partial charge in [0.05, 0.1) is 11.5 Å². The van der Waals surface area contributed by atoms with Crippen LogP contribution < -0.4 is 0 Å². The minimum Gasteiger partial charge on any atom is -0.481 e. The van der Waals surface area contributed by atoms with Gasteiger partial charge in [0, 0.05) is 11.2 Å². The van der Waals surface area contributed by atoms with Crippen LogP contribution in [-0.4, -0.2) is 57.0 Å². The Morgan fingerprint density at radius 1 is 1.13 bits per heavy atom. The minimum atomic E-state index is -5.08. The van der Waals surface area contributed by atoms with E-state index in [2.05, 4.69) is 34.5 Å². The van der Waals surface area contributed by atoms with Crippen LogP contribution in [0, 0.1) is 11.8 Å². The number of thiophene rings is 1. The van der Waals surface area contributed by atoms with Crippen molar-refractivity contribution in [2.45, 2.75) is 44.0 Å². The summed E-state index contributed by atoms with van der Waals surface area (Å²) in [5.41, 5.74) is 0.650. The van der Waals surface area contributed by atoms with E-state index in [1.165, 1.54) is 15.6 Å². The number of likely N-dealkylation sites (tertiary alicyclic amines) is 1. The Bertz CT molecular complexity index is 930. The zero-order chi connectivity index (χ0) is 22.8. The van der Waals surface area contributed by atoms with Crippen LogP contribution in [0.2, 0.25) is 0 Å². The highest BCUT2D eigenvalue weighted by Gasteiger charge is 2.51. The van der Waals surface area contributed by atoms with E-state index in [0.717, 1.165) is 32.5 Å². The summed E-state index contributed by atoms with van der Waals surface area (Å²) in [6, 6.07) is 8.66. The molecule has 10 heteroatoms. The number of hydrogen-bond donors (Lipinski definition) is 3. The lowest BCUT2D eigenvalue weighted by molar-refractivity contribution is -0.192. The van der Waals surface area contributed by atoms with E-state index >= 15 is 0 Å². The van der Waals surface area contributed by atoms with Crippen molar-refractivity contribution in [3.63, 3.8) is 0 Å². The van der Waals surface area contributed by atoms with Crippen LogP contribution in [0.25, 0.3) is 10.1 Å². The fourth-order valence-electron chi connectivity index (χ4n) is 4.35. The van der Waals surface area contributed by atoms with Gasteiger partial charge in [0.25, 0.3) is 0 Å². The van der Waals surface area contributed by atoms with E-state index in [-0.39, 0.29) is 11.8 Å². The monoisotopic (exact) mass is 459 g/mol. The molecule has 1 aliphatic carbocycles. The molecule has 170 valence electrons. The molecule has 2 heterocycles. The van der Waals surface area contributed by atoms with Gasteiger partial charge in [0.2, 0.25) is 0 Å². The van der Waals surface area contributed by atoms with E-state index in [4.69, 9.17) is 15.0 Å². The van der Waals surface area contributed by atoms with E-state index < -0.39 is 23.7 Å². The van der Waals surface area contributed by atoms with Crippen molar-refractivity contribution in [3.05, 3.63) is 35.2 Å². The molecule has 0 atom stereocenters. The number of carboxylic acids is 2. The molecule has 0 spiro atoms. The molecule has 4 rings (SSSR count). The molecule has 31 heavy (non-hydrogen) atoms. The Morgan fingerprint density at radius 2 is 1.74 bits per heavy atom. The van der Waals surface area contributed by atoms with Crippen molar-refractivity contribution in [2.75, 3.05) is 13.1 Å². The molecule has 0 unspecified atom stereocenters. The Kier molecular flexibility index (Phi) is 6.92. The highest BCUT2D eigenvalue weighted by Crippen LogP contribution is 2.46. The second-order valence-electron chi connectivity index (χ2n) is 8.16. The summed E-state index contributed by atoms with van der Waals surface area (Å²) in [7, 11) is 0. The van der Waals surface area contributed by atoms with Crippen molar-refractivity contribution < 1.29 is 38.1 Å². The molecule has 1 aromatic heterocycles. The molecule has 1 aliphatic heterocycles. The largest absolute Gasteiger partial charge is 0.490 e. The Balaban J connectivity index is 0.000000339. The van der Waals surface area contributed by atoms with Crippen LogP contribution >= 0.6 is 11.3 Å². The zero-order valence-electron chi connectivity index (χ0n) is 16.6. The Labute approximate surface area is 180 Å². The molecule has 1 aromatic carbocycles. The maximum Gasteiger partial charge on any atom is 0.490 e. The average Bonchev–Trinajstić information content (AvgIpc) is 3.15. The first-order chi connectivity index (χ1) is 14.5. The highest BCUT2D eigenvalue weighted by molar-refractivity contribution is 7.17. The Morgan fingerprint density at radius 3 is 2.29 bits per heavy atom. The fraction of sp³-hybridized carbons (Fsp3) is 0.524. The van der Waals surface area contributed by atoms with Crippen molar-refractivity contribution in [1.29, 1.82) is 0 Å². The minimum absolute atomic E-state index is 0.252. The van der Waals surface area contributed by atoms with Crippen LogP contribution in [0.4, 0.5) is 13.2 Å². The number of aliphatic carboxylic acids is 2. The first-order valence-electron chi connectivity index (χ1n) is 9.92. The van der Waals surface area contributed by atoms with E-state index in [0.29, 0.717) is 12.8 Å². The molecule has 0 bridgehead atoms. The van der Waals surface area contributed by atoms with Crippen molar-refractivity contribution in [2.24, 2.45) is 11.8 Å². The van der Waals surface area contributed by atoms with E-state index in [1.54, 1.807) is 11.3 Å². The maximum atomic E-state index is 11.0. The number of rotatable bonds is 4. The smallest absolute Gasteiger partial charge is 0.481 e. The average molecular weight is 459 g/mol. The van der Waals surface area contributed by atoms with Crippen LogP contribution in [0.15, 0.2) is 29.6 Å². The molecule has 0 amide bonds. The normalized spacial score (nSPS) is 24.8. The number of benzene rings is 1. The molecule has 2 aromatic rings. The summed E-state index contributed by atoms with van der Waals surface area (Å²) in [6.07, 6.45) is -2.30. The number of carbonyl (C=O) groups is 2. The van der Waals surface area contributed by atoms with Gasteiger partial charge in [0.1, 0.15) is 0 Å². The summed E-state index contributed by atoms with van der Waals surface area (Å²) < 4.78 is 33.1. The fourth-order valence-corrected chi connectivity index (χ4v) is 5.26. The van der Waals surface area contributed by atoms with E-state index in [1.807, 2.05) is 0 Å². The van der Waals surface area contributed by atoms with Gasteiger partial charge in [-0.05, 0) is 67.1 Å².